The highest BCUT2D eigenvalue weighted by Crippen LogP contribution is 1.84. The largest absolute Gasteiger partial charge is 0.464 e. The second kappa shape index (κ2) is 5.01. The third kappa shape index (κ3) is 4.11. The second-order valence-electron chi connectivity index (χ2n) is 1.86. The fourth-order valence-electron chi connectivity index (χ4n) is 0.441. The number of nitrogens with one attached hydrogen (secondary N) is 2. The van der Waals surface area contributed by atoms with E-state index < -0.39 is 6.09 Å². The molecule has 1 atom stereocenters. The second-order valence-corrected chi connectivity index (χ2v) is 1.86. The molecule has 0 aliphatic rings. The molecule has 5 nitrogen and oxygen atoms in total. The standard InChI is InChI=1S/C5H12N2O3/c1-2-4(3-8)6-7-5(9)10/h4,6-8H,2-3H2,1H3,(H,9,10). The quantitative estimate of drug-likeness (QED) is 0.406. The summed E-state index contributed by atoms with van der Waals surface area (Å²) in [4.78, 5) is 9.88. The lowest BCUT2D eigenvalue weighted by Gasteiger charge is -2.12. The average Bonchev–Trinajstić information content (AvgIpc) is 1.90. The van der Waals surface area contributed by atoms with Crippen LogP contribution in [0.5, 0.6) is 0 Å². The molecule has 1 amide bonds. The highest BCUT2D eigenvalue weighted by molar-refractivity contribution is 5.63. The topological polar surface area (TPSA) is 81.6 Å². The Hall–Kier alpha value is -0.810. The number of aliphatic hydroxyl groups excluding tert-OH is 1. The molecule has 10 heavy (non-hydrogen) atoms. The molecule has 0 rings (SSSR count). The number of amides is 1. The maximum Gasteiger partial charge on any atom is 0.419 e. The van der Waals surface area contributed by atoms with Crippen molar-refractivity contribution in [3.05, 3.63) is 0 Å². The highest BCUT2D eigenvalue weighted by atomic mass is 16.4. The van der Waals surface area contributed by atoms with Gasteiger partial charge in [0, 0.05) is 6.04 Å². The van der Waals surface area contributed by atoms with Crippen LogP contribution in [0.25, 0.3) is 0 Å². The van der Waals surface area contributed by atoms with E-state index in [0.29, 0.717) is 6.42 Å². The summed E-state index contributed by atoms with van der Waals surface area (Å²) < 4.78 is 0. The van der Waals surface area contributed by atoms with Crippen LogP contribution < -0.4 is 10.9 Å². The van der Waals surface area contributed by atoms with Gasteiger partial charge in [0.15, 0.2) is 0 Å². The molecule has 0 fully saturated rings. The van der Waals surface area contributed by atoms with Crippen molar-refractivity contribution in [3.63, 3.8) is 0 Å². The number of carboxylic acid groups (broad SMARTS) is 1. The molecule has 1 unspecified atom stereocenters. The van der Waals surface area contributed by atoms with E-state index in [1.165, 1.54) is 0 Å². The minimum atomic E-state index is -1.15. The van der Waals surface area contributed by atoms with Gasteiger partial charge in [0.2, 0.25) is 0 Å². The molecule has 0 bridgehead atoms. The minimum absolute atomic E-state index is 0.0726. The van der Waals surface area contributed by atoms with Gasteiger partial charge in [0.05, 0.1) is 6.61 Å². The van der Waals surface area contributed by atoms with Gasteiger partial charge in [-0.2, -0.15) is 0 Å². The van der Waals surface area contributed by atoms with Crippen LogP contribution >= 0.6 is 0 Å². The van der Waals surface area contributed by atoms with Gasteiger partial charge < -0.3 is 10.2 Å². The predicted octanol–water partition coefficient (Wildman–Crippen LogP) is -0.470. The van der Waals surface area contributed by atoms with E-state index in [1.807, 2.05) is 12.3 Å². The third-order valence-electron chi connectivity index (χ3n) is 1.10. The SMILES string of the molecule is CCC(CO)NNC(=O)O. The normalized spacial score (nSPS) is 12.6. The Balaban J connectivity index is 3.34. The first-order chi connectivity index (χ1) is 4.70. The molecule has 60 valence electrons. The summed E-state index contributed by atoms with van der Waals surface area (Å²) in [6.07, 6.45) is -0.469. The van der Waals surface area contributed by atoms with Crippen molar-refractivity contribution in [2.75, 3.05) is 6.61 Å². The van der Waals surface area contributed by atoms with Crippen molar-refractivity contribution in [2.24, 2.45) is 0 Å². The smallest absolute Gasteiger partial charge is 0.419 e. The van der Waals surface area contributed by atoms with Gasteiger partial charge in [-0.25, -0.2) is 10.2 Å². The van der Waals surface area contributed by atoms with Crippen molar-refractivity contribution in [3.8, 4) is 0 Å². The predicted molar refractivity (Wildman–Crippen MR) is 35.5 cm³/mol. The van der Waals surface area contributed by atoms with Crippen LogP contribution in [0.1, 0.15) is 13.3 Å². The molecular weight excluding hydrogens is 136 g/mol. The van der Waals surface area contributed by atoms with Gasteiger partial charge in [-0.3, -0.25) is 5.43 Å². The molecule has 0 aromatic rings. The van der Waals surface area contributed by atoms with Gasteiger partial charge in [0.1, 0.15) is 0 Å². The summed E-state index contributed by atoms with van der Waals surface area (Å²) in [7, 11) is 0. The molecular formula is C5H12N2O3. The monoisotopic (exact) mass is 148 g/mol. The van der Waals surface area contributed by atoms with E-state index >= 15 is 0 Å². The van der Waals surface area contributed by atoms with Crippen molar-refractivity contribution in [1.82, 2.24) is 10.9 Å². The summed E-state index contributed by atoms with van der Waals surface area (Å²) in [5.41, 5.74) is 4.37. The van der Waals surface area contributed by atoms with Gasteiger partial charge in [-0.15, -0.1) is 0 Å². The number of carbonyl (C=O) groups is 1. The van der Waals surface area contributed by atoms with Crippen molar-refractivity contribution in [2.45, 2.75) is 19.4 Å². The lowest BCUT2D eigenvalue weighted by atomic mass is 10.3. The van der Waals surface area contributed by atoms with Crippen molar-refractivity contribution >= 4 is 6.09 Å². The van der Waals surface area contributed by atoms with Crippen molar-refractivity contribution in [1.29, 1.82) is 0 Å². The zero-order valence-electron chi connectivity index (χ0n) is 5.79. The molecule has 0 saturated carbocycles. The molecule has 0 aromatic heterocycles. The van der Waals surface area contributed by atoms with Crippen LogP contribution in [0.3, 0.4) is 0 Å². The Kier molecular flexibility index (Phi) is 4.61. The molecule has 5 heteroatoms. The molecule has 0 aliphatic carbocycles. The Labute approximate surface area is 59.0 Å². The number of aliphatic hydroxyl groups is 1. The van der Waals surface area contributed by atoms with Gasteiger partial charge in [-0.1, -0.05) is 6.92 Å². The summed E-state index contributed by atoms with van der Waals surface area (Å²) >= 11 is 0. The van der Waals surface area contributed by atoms with Gasteiger partial charge in [0.25, 0.3) is 0 Å². The lowest BCUT2D eigenvalue weighted by Crippen LogP contribution is -2.45. The molecule has 0 radical (unpaired) electrons. The number of hydrogen-bond donors (Lipinski definition) is 4. The van der Waals surface area contributed by atoms with E-state index in [9.17, 15) is 4.79 Å². The Morgan fingerprint density at radius 1 is 1.70 bits per heavy atom. The zero-order valence-corrected chi connectivity index (χ0v) is 5.79. The Morgan fingerprint density at radius 3 is 2.60 bits per heavy atom. The van der Waals surface area contributed by atoms with Crippen LogP contribution in [0, 0.1) is 0 Å². The number of hydrazine groups is 1. The van der Waals surface area contributed by atoms with Gasteiger partial charge in [-0.05, 0) is 6.42 Å². The third-order valence-corrected chi connectivity index (χ3v) is 1.10. The van der Waals surface area contributed by atoms with Crippen LogP contribution in [0.4, 0.5) is 4.79 Å². The molecule has 0 heterocycles. The number of rotatable bonds is 4. The average molecular weight is 148 g/mol. The Morgan fingerprint density at radius 2 is 2.30 bits per heavy atom. The molecule has 0 aliphatic heterocycles. The molecule has 4 N–H and O–H groups in total. The number of hydrogen-bond acceptors (Lipinski definition) is 3. The molecule has 0 saturated heterocycles. The van der Waals surface area contributed by atoms with E-state index in [4.69, 9.17) is 10.2 Å². The fraction of sp³-hybridized carbons (Fsp3) is 0.800. The summed E-state index contributed by atoms with van der Waals surface area (Å²) in [6.45, 7) is 1.77. The van der Waals surface area contributed by atoms with E-state index in [2.05, 4.69) is 5.43 Å². The zero-order chi connectivity index (χ0) is 7.98. The maximum absolute atomic E-state index is 9.88. The highest BCUT2D eigenvalue weighted by Gasteiger charge is 2.03. The van der Waals surface area contributed by atoms with Crippen LogP contribution in [-0.4, -0.2) is 29.0 Å². The molecule has 0 spiro atoms. The van der Waals surface area contributed by atoms with E-state index in [0.717, 1.165) is 0 Å². The first kappa shape index (κ1) is 9.19. The van der Waals surface area contributed by atoms with Gasteiger partial charge >= 0.3 is 6.09 Å². The van der Waals surface area contributed by atoms with E-state index in [-0.39, 0.29) is 12.6 Å². The van der Waals surface area contributed by atoms with E-state index in [1.54, 1.807) is 0 Å². The first-order valence-electron chi connectivity index (χ1n) is 3.06. The maximum atomic E-state index is 9.88. The lowest BCUT2D eigenvalue weighted by molar-refractivity contribution is 0.177. The van der Waals surface area contributed by atoms with Crippen LogP contribution in [-0.2, 0) is 0 Å². The fourth-order valence-corrected chi connectivity index (χ4v) is 0.441. The summed E-state index contributed by atoms with van der Waals surface area (Å²) in [5.74, 6) is 0. The molecule has 0 aromatic carbocycles. The summed E-state index contributed by atoms with van der Waals surface area (Å²) in [6, 6.07) is -0.198. The Bertz CT molecular complexity index is 103. The van der Waals surface area contributed by atoms with Crippen molar-refractivity contribution < 1.29 is 15.0 Å². The van der Waals surface area contributed by atoms with Crippen LogP contribution in [0.15, 0.2) is 0 Å². The minimum Gasteiger partial charge on any atom is -0.464 e. The summed E-state index contributed by atoms with van der Waals surface area (Å²) in [5, 5.41) is 16.6. The van der Waals surface area contributed by atoms with Crippen LogP contribution in [0.2, 0.25) is 0 Å². The first-order valence-corrected chi connectivity index (χ1v) is 3.06.